The summed E-state index contributed by atoms with van der Waals surface area (Å²) >= 11 is 0. The highest BCUT2D eigenvalue weighted by Gasteiger charge is 2.37. The van der Waals surface area contributed by atoms with Gasteiger partial charge in [-0.3, -0.25) is 4.79 Å². The number of amides is 1. The monoisotopic (exact) mass is 332 g/mol. The highest BCUT2D eigenvalue weighted by atomic mass is 19.4. The first-order valence-electron chi connectivity index (χ1n) is 7.07. The van der Waals surface area contributed by atoms with Crippen molar-refractivity contribution < 1.29 is 23.1 Å². The van der Waals surface area contributed by atoms with Crippen molar-refractivity contribution in [1.29, 1.82) is 5.26 Å². The van der Waals surface area contributed by atoms with Crippen molar-refractivity contribution >= 4 is 11.6 Å². The number of aromatic hydroxyl groups is 1. The van der Waals surface area contributed by atoms with Gasteiger partial charge in [0.2, 0.25) is 0 Å². The van der Waals surface area contributed by atoms with Crippen molar-refractivity contribution in [1.82, 2.24) is 0 Å². The number of alkyl halides is 3. The van der Waals surface area contributed by atoms with Crippen LogP contribution in [0.4, 0.5) is 18.9 Å². The Bertz CT molecular complexity index is 869. The molecule has 7 heteroatoms. The second kappa shape index (κ2) is 5.57. The maximum atomic E-state index is 13.0. The highest BCUT2D eigenvalue weighted by molar-refractivity contribution is 6.07. The standard InChI is InChI=1S/C17H11F3N2O2/c18-17(19,20)13-8-11(7-12(9-21)15(13)23)16(24)22-6-5-10-3-1-2-4-14(10)22/h1-4,7-8,23H,5-6H2. The van der Waals surface area contributed by atoms with E-state index in [2.05, 4.69) is 0 Å². The van der Waals surface area contributed by atoms with Crippen LogP contribution in [0.15, 0.2) is 36.4 Å². The van der Waals surface area contributed by atoms with Crippen molar-refractivity contribution in [2.75, 3.05) is 11.4 Å². The van der Waals surface area contributed by atoms with E-state index in [0.717, 1.165) is 11.6 Å². The molecule has 24 heavy (non-hydrogen) atoms. The number of hydrogen-bond donors (Lipinski definition) is 1. The Morgan fingerprint density at radius 2 is 1.96 bits per heavy atom. The Labute approximate surface area is 135 Å². The van der Waals surface area contributed by atoms with E-state index in [-0.39, 0.29) is 5.56 Å². The third-order valence-corrected chi connectivity index (χ3v) is 3.92. The predicted molar refractivity (Wildman–Crippen MR) is 79.6 cm³/mol. The third kappa shape index (κ3) is 2.56. The largest absolute Gasteiger partial charge is 0.506 e. The highest BCUT2D eigenvalue weighted by Crippen LogP contribution is 2.39. The number of para-hydroxylation sites is 1. The summed E-state index contributed by atoms with van der Waals surface area (Å²) in [7, 11) is 0. The molecule has 1 N–H and O–H groups in total. The molecule has 0 aromatic heterocycles. The Hall–Kier alpha value is -3.01. The Morgan fingerprint density at radius 3 is 2.62 bits per heavy atom. The number of nitriles is 1. The van der Waals surface area contributed by atoms with Crippen LogP contribution in [-0.2, 0) is 12.6 Å². The van der Waals surface area contributed by atoms with Crippen LogP contribution in [0.5, 0.6) is 5.75 Å². The summed E-state index contributed by atoms with van der Waals surface area (Å²) in [5, 5.41) is 18.5. The summed E-state index contributed by atoms with van der Waals surface area (Å²) < 4.78 is 39.1. The molecule has 0 aliphatic carbocycles. The minimum absolute atomic E-state index is 0.284. The first-order valence-corrected chi connectivity index (χ1v) is 7.07. The average molecular weight is 332 g/mol. The SMILES string of the molecule is N#Cc1cc(C(=O)N2CCc3ccccc32)cc(C(F)(F)F)c1O. The van der Waals surface area contributed by atoms with Gasteiger partial charge in [0, 0.05) is 17.8 Å². The Morgan fingerprint density at radius 1 is 1.25 bits per heavy atom. The van der Waals surface area contributed by atoms with Gasteiger partial charge in [0.1, 0.15) is 11.8 Å². The number of phenolic OH excluding ortho intramolecular Hbond substituents is 1. The summed E-state index contributed by atoms with van der Waals surface area (Å²) in [5.41, 5.74) is -0.685. The van der Waals surface area contributed by atoms with Gasteiger partial charge in [-0.1, -0.05) is 18.2 Å². The fourth-order valence-corrected chi connectivity index (χ4v) is 2.76. The summed E-state index contributed by atoms with van der Waals surface area (Å²) in [4.78, 5) is 14.0. The summed E-state index contributed by atoms with van der Waals surface area (Å²) in [5.74, 6) is -1.80. The Kier molecular flexibility index (Phi) is 3.68. The molecule has 1 amide bonds. The molecule has 0 radical (unpaired) electrons. The zero-order valence-electron chi connectivity index (χ0n) is 12.3. The summed E-state index contributed by atoms with van der Waals surface area (Å²) in [6, 6.07) is 10.2. The topological polar surface area (TPSA) is 64.3 Å². The van der Waals surface area contributed by atoms with Crippen LogP contribution < -0.4 is 4.90 Å². The number of anilines is 1. The van der Waals surface area contributed by atoms with Gasteiger partial charge in [-0.25, -0.2) is 0 Å². The fraction of sp³-hybridized carbons (Fsp3) is 0.176. The van der Waals surface area contributed by atoms with E-state index in [1.165, 1.54) is 11.0 Å². The van der Waals surface area contributed by atoms with Crippen LogP contribution in [0.25, 0.3) is 0 Å². The molecular weight excluding hydrogens is 321 g/mol. The lowest BCUT2D eigenvalue weighted by Gasteiger charge is -2.19. The van der Waals surface area contributed by atoms with Crippen molar-refractivity contribution in [2.45, 2.75) is 12.6 Å². The van der Waals surface area contributed by atoms with Gasteiger partial charge in [-0.2, -0.15) is 18.4 Å². The minimum Gasteiger partial charge on any atom is -0.506 e. The molecule has 1 heterocycles. The van der Waals surface area contributed by atoms with Crippen molar-refractivity contribution in [3.63, 3.8) is 0 Å². The van der Waals surface area contributed by atoms with Crippen molar-refractivity contribution in [2.24, 2.45) is 0 Å². The molecule has 0 fully saturated rings. The van der Waals surface area contributed by atoms with Crippen LogP contribution in [0, 0.1) is 11.3 Å². The van der Waals surface area contributed by atoms with Crippen molar-refractivity contribution in [3.8, 4) is 11.8 Å². The van der Waals surface area contributed by atoms with Crippen molar-refractivity contribution in [3.05, 3.63) is 58.7 Å². The molecule has 3 rings (SSSR count). The average Bonchev–Trinajstić information content (AvgIpc) is 2.97. The number of fused-ring (bicyclic) bond motifs is 1. The maximum absolute atomic E-state index is 13.0. The van der Waals surface area contributed by atoms with E-state index in [9.17, 15) is 23.1 Å². The second-order valence-corrected chi connectivity index (χ2v) is 5.37. The fourth-order valence-electron chi connectivity index (χ4n) is 2.76. The van der Waals surface area contributed by atoms with E-state index < -0.39 is 29.0 Å². The molecule has 2 aromatic carbocycles. The quantitative estimate of drug-likeness (QED) is 0.869. The molecule has 0 atom stereocenters. The van der Waals surface area contributed by atoms with Crippen LogP contribution in [0.3, 0.4) is 0 Å². The first-order chi connectivity index (χ1) is 11.3. The predicted octanol–water partition coefficient (Wildman–Crippen LogP) is 3.49. The minimum atomic E-state index is -4.87. The van der Waals surface area contributed by atoms with Gasteiger partial charge >= 0.3 is 6.18 Å². The number of phenols is 1. The summed E-state index contributed by atoms with van der Waals surface area (Å²) in [6.45, 7) is 0.349. The zero-order chi connectivity index (χ0) is 17.5. The van der Waals surface area contributed by atoms with Crippen LogP contribution >= 0.6 is 0 Å². The maximum Gasteiger partial charge on any atom is 0.420 e. The number of hydrogen-bond acceptors (Lipinski definition) is 3. The van der Waals surface area contributed by atoms with E-state index in [1.807, 2.05) is 12.1 Å². The molecule has 0 spiro atoms. The van der Waals surface area contributed by atoms with Crippen LogP contribution in [0.1, 0.15) is 27.0 Å². The molecule has 0 saturated heterocycles. The van der Waals surface area contributed by atoms with Gasteiger partial charge in [-0.05, 0) is 30.2 Å². The molecule has 1 aliphatic rings. The van der Waals surface area contributed by atoms with E-state index >= 15 is 0 Å². The third-order valence-electron chi connectivity index (χ3n) is 3.92. The zero-order valence-corrected chi connectivity index (χ0v) is 12.3. The molecule has 1 aliphatic heterocycles. The number of rotatable bonds is 1. The van der Waals surface area contributed by atoms with E-state index in [1.54, 1.807) is 12.1 Å². The number of halogens is 3. The number of benzene rings is 2. The molecule has 4 nitrogen and oxygen atoms in total. The number of carbonyl (C=O) groups is 1. The lowest BCUT2D eigenvalue weighted by Crippen LogP contribution is -2.29. The molecular formula is C17H11F3N2O2. The second-order valence-electron chi connectivity index (χ2n) is 5.37. The molecule has 122 valence electrons. The first kappa shape index (κ1) is 15.9. The molecule has 0 saturated carbocycles. The van der Waals surface area contributed by atoms with Gasteiger partial charge < -0.3 is 10.0 Å². The lowest BCUT2D eigenvalue weighted by molar-refractivity contribution is -0.138. The van der Waals surface area contributed by atoms with Gasteiger partial charge in [0.05, 0.1) is 11.1 Å². The van der Waals surface area contributed by atoms with Crippen LogP contribution in [-0.4, -0.2) is 17.6 Å². The lowest BCUT2D eigenvalue weighted by atomic mass is 10.0. The van der Waals surface area contributed by atoms with E-state index in [4.69, 9.17) is 5.26 Å². The molecule has 0 bridgehead atoms. The smallest absolute Gasteiger partial charge is 0.420 e. The molecule has 2 aromatic rings. The van der Waals surface area contributed by atoms with E-state index in [0.29, 0.717) is 24.7 Å². The van der Waals surface area contributed by atoms with Gasteiger partial charge in [-0.15, -0.1) is 0 Å². The normalized spacial score (nSPS) is 13.5. The Balaban J connectivity index is 2.07. The molecule has 0 unspecified atom stereocenters. The number of nitrogens with zero attached hydrogens (tertiary/aromatic N) is 2. The van der Waals surface area contributed by atoms with Gasteiger partial charge in [0.15, 0.2) is 0 Å². The van der Waals surface area contributed by atoms with Crippen LogP contribution in [0.2, 0.25) is 0 Å². The summed E-state index contributed by atoms with van der Waals surface area (Å²) in [6.07, 6.45) is -4.26. The number of carbonyl (C=O) groups excluding carboxylic acids is 1. The van der Waals surface area contributed by atoms with Gasteiger partial charge in [0.25, 0.3) is 5.91 Å².